The van der Waals surface area contributed by atoms with Gasteiger partial charge in [0.1, 0.15) is 5.78 Å². The predicted molar refractivity (Wildman–Crippen MR) is 149 cm³/mol. The molecule has 1 heteroatoms. The number of Topliss-reactive ketones (excluding diaryl/α,β-unsaturated/α-hetero) is 1. The molecule has 0 saturated carbocycles. The molecule has 0 spiro atoms. The molecule has 2 aromatic rings. The van der Waals surface area contributed by atoms with Crippen LogP contribution < -0.4 is 0 Å². The fourth-order valence-corrected chi connectivity index (χ4v) is 6.16. The van der Waals surface area contributed by atoms with Gasteiger partial charge in [-0.3, -0.25) is 4.79 Å². The van der Waals surface area contributed by atoms with E-state index < -0.39 is 0 Å². The van der Waals surface area contributed by atoms with E-state index in [1.807, 2.05) is 0 Å². The van der Waals surface area contributed by atoms with Gasteiger partial charge in [-0.25, -0.2) is 0 Å². The van der Waals surface area contributed by atoms with Gasteiger partial charge in [-0.15, -0.1) is 0 Å². The molecule has 0 radical (unpaired) electrons. The molecule has 184 valence electrons. The molecule has 4 rings (SSSR count). The van der Waals surface area contributed by atoms with E-state index in [9.17, 15) is 4.79 Å². The largest absolute Gasteiger partial charge is 0.299 e. The van der Waals surface area contributed by atoms with E-state index in [4.69, 9.17) is 0 Å². The van der Waals surface area contributed by atoms with Crippen LogP contribution in [0.25, 0.3) is 0 Å². The Kier molecular flexibility index (Phi) is 8.60. The molecule has 0 amide bonds. The number of hydrogen-bond acceptors (Lipinski definition) is 1. The molecule has 2 aliphatic rings. The number of rotatable bonds is 10. The molecule has 2 aliphatic carbocycles. The Hall–Kier alpha value is -2.67. The third-order valence-electron chi connectivity index (χ3n) is 8.15. The predicted octanol–water partition coefficient (Wildman–Crippen LogP) is 8.37. The van der Waals surface area contributed by atoms with Crippen molar-refractivity contribution in [3.63, 3.8) is 0 Å². The fraction of sp³-hybridized carbons (Fsp3) is 0.441. The highest BCUT2D eigenvalue weighted by Gasteiger charge is 2.36. The van der Waals surface area contributed by atoms with Crippen molar-refractivity contribution in [2.75, 3.05) is 0 Å². The molecule has 0 heterocycles. The Labute approximate surface area is 213 Å². The summed E-state index contributed by atoms with van der Waals surface area (Å²) in [4.78, 5) is 13.8. The zero-order valence-electron chi connectivity index (χ0n) is 22.1. The Bertz CT molecular complexity index is 1100. The van der Waals surface area contributed by atoms with Gasteiger partial charge in [0.05, 0.1) is 0 Å². The van der Waals surface area contributed by atoms with Crippen LogP contribution in [0.4, 0.5) is 0 Å². The SMILES string of the molecule is CCc1ccc(C2CC(C3C=CC=CC3)=CC2C(=O)CC(C)Cc2cccc(CC)c2CC)cc1. The topological polar surface area (TPSA) is 17.1 Å². The van der Waals surface area contributed by atoms with Crippen molar-refractivity contribution < 1.29 is 4.79 Å². The van der Waals surface area contributed by atoms with Crippen LogP contribution in [-0.4, -0.2) is 5.78 Å². The van der Waals surface area contributed by atoms with Crippen LogP contribution in [0.1, 0.15) is 80.7 Å². The van der Waals surface area contributed by atoms with Crippen molar-refractivity contribution in [1.82, 2.24) is 0 Å². The summed E-state index contributed by atoms with van der Waals surface area (Å²) >= 11 is 0. The first kappa shape index (κ1) is 25.4. The number of carbonyl (C=O) groups excluding carboxylic acids is 1. The van der Waals surface area contributed by atoms with Gasteiger partial charge < -0.3 is 0 Å². The maximum Gasteiger partial charge on any atom is 0.140 e. The third kappa shape index (κ3) is 5.95. The summed E-state index contributed by atoms with van der Waals surface area (Å²) in [5.41, 5.74) is 8.50. The second-order valence-corrected chi connectivity index (χ2v) is 10.6. The number of carbonyl (C=O) groups is 1. The van der Waals surface area contributed by atoms with Crippen molar-refractivity contribution in [2.24, 2.45) is 17.8 Å². The lowest BCUT2D eigenvalue weighted by Gasteiger charge is -2.22. The molecule has 35 heavy (non-hydrogen) atoms. The molecular formula is C34H42O. The Morgan fingerprint density at radius 2 is 1.71 bits per heavy atom. The van der Waals surface area contributed by atoms with Crippen LogP contribution in [0.5, 0.6) is 0 Å². The first-order valence-corrected chi connectivity index (χ1v) is 13.8. The minimum Gasteiger partial charge on any atom is -0.299 e. The van der Waals surface area contributed by atoms with Gasteiger partial charge in [-0.2, -0.15) is 0 Å². The lowest BCUT2D eigenvalue weighted by molar-refractivity contribution is -0.122. The number of hydrogen-bond donors (Lipinski definition) is 0. The van der Waals surface area contributed by atoms with Gasteiger partial charge in [0.25, 0.3) is 0 Å². The van der Waals surface area contributed by atoms with Gasteiger partial charge in [0, 0.05) is 24.2 Å². The molecule has 0 bridgehead atoms. The average molecular weight is 467 g/mol. The van der Waals surface area contributed by atoms with Crippen molar-refractivity contribution in [2.45, 2.75) is 78.6 Å². The highest BCUT2D eigenvalue weighted by Crippen LogP contribution is 2.44. The first-order chi connectivity index (χ1) is 17.0. The number of aryl methyl sites for hydroxylation is 2. The average Bonchev–Trinajstić information content (AvgIpc) is 3.35. The normalized spacial score (nSPS) is 22.3. The summed E-state index contributed by atoms with van der Waals surface area (Å²) in [6, 6.07) is 15.7. The molecule has 0 aliphatic heterocycles. The Morgan fingerprint density at radius 1 is 0.943 bits per heavy atom. The zero-order chi connectivity index (χ0) is 24.8. The first-order valence-electron chi connectivity index (χ1n) is 13.8. The minimum atomic E-state index is -0.00754. The number of benzene rings is 2. The van der Waals surface area contributed by atoms with Crippen molar-refractivity contribution in [3.8, 4) is 0 Å². The second kappa shape index (κ2) is 11.8. The van der Waals surface area contributed by atoms with Crippen LogP contribution in [0.15, 0.2) is 78.4 Å². The van der Waals surface area contributed by atoms with E-state index in [1.165, 1.54) is 33.4 Å². The van der Waals surface area contributed by atoms with Gasteiger partial charge in [0.15, 0.2) is 0 Å². The monoisotopic (exact) mass is 466 g/mol. The molecule has 2 aromatic carbocycles. The molecule has 4 atom stereocenters. The second-order valence-electron chi connectivity index (χ2n) is 10.6. The highest BCUT2D eigenvalue weighted by molar-refractivity contribution is 5.85. The zero-order valence-corrected chi connectivity index (χ0v) is 22.1. The maximum absolute atomic E-state index is 13.8. The number of allylic oxidation sites excluding steroid dienone is 6. The van der Waals surface area contributed by atoms with Crippen LogP contribution in [-0.2, 0) is 30.5 Å². The van der Waals surface area contributed by atoms with E-state index in [2.05, 4.69) is 101 Å². The van der Waals surface area contributed by atoms with Gasteiger partial charge in [-0.1, -0.05) is 106 Å². The molecule has 0 N–H and O–H groups in total. The lowest BCUT2D eigenvalue weighted by Crippen LogP contribution is -2.20. The fourth-order valence-electron chi connectivity index (χ4n) is 6.16. The van der Waals surface area contributed by atoms with E-state index in [-0.39, 0.29) is 11.8 Å². The van der Waals surface area contributed by atoms with Crippen LogP contribution in [0.2, 0.25) is 0 Å². The smallest absolute Gasteiger partial charge is 0.140 e. The quantitative estimate of drug-likeness (QED) is 0.321. The van der Waals surface area contributed by atoms with Crippen LogP contribution >= 0.6 is 0 Å². The summed E-state index contributed by atoms with van der Waals surface area (Å²) in [5.74, 6) is 1.46. The van der Waals surface area contributed by atoms with E-state index in [0.717, 1.165) is 38.5 Å². The Balaban J connectivity index is 1.53. The summed E-state index contributed by atoms with van der Waals surface area (Å²) in [6.07, 6.45) is 18.1. The summed E-state index contributed by atoms with van der Waals surface area (Å²) in [5, 5.41) is 0. The van der Waals surface area contributed by atoms with Gasteiger partial charge in [-0.05, 0) is 72.3 Å². The molecular weight excluding hydrogens is 424 g/mol. The van der Waals surface area contributed by atoms with Crippen LogP contribution in [0.3, 0.4) is 0 Å². The Morgan fingerprint density at radius 3 is 2.37 bits per heavy atom. The molecule has 0 saturated heterocycles. The lowest BCUT2D eigenvalue weighted by atomic mass is 9.81. The van der Waals surface area contributed by atoms with Gasteiger partial charge >= 0.3 is 0 Å². The number of ketones is 1. The molecule has 4 unspecified atom stereocenters. The van der Waals surface area contributed by atoms with Crippen molar-refractivity contribution in [3.05, 3.63) is 106 Å². The molecule has 0 fully saturated rings. The summed E-state index contributed by atoms with van der Waals surface area (Å²) in [6.45, 7) is 8.94. The van der Waals surface area contributed by atoms with E-state index >= 15 is 0 Å². The van der Waals surface area contributed by atoms with Crippen molar-refractivity contribution >= 4 is 5.78 Å². The maximum atomic E-state index is 13.8. The van der Waals surface area contributed by atoms with Crippen LogP contribution in [0, 0.1) is 17.8 Å². The minimum absolute atomic E-state index is 0.00754. The molecule has 1 nitrogen and oxygen atoms in total. The molecule has 0 aromatic heterocycles. The highest BCUT2D eigenvalue weighted by atomic mass is 16.1. The third-order valence-corrected chi connectivity index (χ3v) is 8.15. The van der Waals surface area contributed by atoms with E-state index in [1.54, 1.807) is 0 Å². The summed E-state index contributed by atoms with van der Waals surface area (Å²) < 4.78 is 0. The van der Waals surface area contributed by atoms with Crippen molar-refractivity contribution in [1.29, 1.82) is 0 Å². The van der Waals surface area contributed by atoms with Gasteiger partial charge in [0.2, 0.25) is 0 Å². The summed E-state index contributed by atoms with van der Waals surface area (Å²) in [7, 11) is 0. The standard InChI is InChI=1S/C34H42O/c1-5-25-16-18-28(19-17-25)32-22-30(27-12-9-8-10-13-27)23-33(32)34(35)21-24(4)20-29-15-11-14-26(6-2)31(29)7-3/h8-12,14-19,23-24,27,32-33H,5-7,13,20-22H2,1-4H3. The van der Waals surface area contributed by atoms with E-state index in [0.29, 0.717) is 24.0 Å².